The number of nitrogens with zero attached hydrogens (tertiary/aromatic N) is 1. The van der Waals surface area contributed by atoms with Gasteiger partial charge in [0.2, 0.25) is 11.7 Å². The Morgan fingerprint density at radius 3 is 2.32 bits per heavy atom. The van der Waals surface area contributed by atoms with E-state index >= 15 is 0 Å². The van der Waals surface area contributed by atoms with Crippen LogP contribution >= 0.6 is 32.9 Å². The van der Waals surface area contributed by atoms with Gasteiger partial charge in [0.25, 0.3) is 5.91 Å². The third kappa shape index (κ3) is 4.99. The largest absolute Gasteiger partial charge is 0.508 e. The molecule has 1 fully saturated rings. The summed E-state index contributed by atoms with van der Waals surface area (Å²) in [6.07, 6.45) is 0.126. The van der Waals surface area contributed by atoms with E-state index in [0.29, 0.717) is 16.9 Å². The molecule has 3 unspecified atom stereocenters. The molecule has 5 rings (SSSR count). The molecular weight excluding hydrogens is 706 g/mol. The molecule has 5 atom stereocenters. The molecule has 3 aliphatic rings. The first-order valence-corrected chi connectivity index (χ1v) is 14.2. The van der Waals surface area contributed by atoms with E-state index in [1.807, 2.05) is 0 Å². The Bertz CT molecular complexity index is 1640. The van der Waals surface area contributed by atoms with Gasteiger partial charge in [-0.05, 0) is 62.2 Å². The maximum absolute atomic E-state index is 13.9. The molecule has 0 heterocycles. The number of anilines is 1. The number of carbonyl (C=O) groups is 4. The van der Waals surface area contributed by atoms with Crippen LogP contribution in [0.3, 0.4) is 0 Å². The van der Waals surface area contributed by atoms with Gasteiger partial charge < -0.3 is 36.2 Å². The number of rotatable bonds is 6. The number of nitrogens with two attached hydrogens (primary N) is 1. The monoisotopic (exact) mass is 735 g/mol. The highest BCUT2D eigenvalue weighted by molar-refractivity contribution is 9.09. The van der Waals surface area contributed by atoms with E-state index < -0.39 is 74.5 Å². The van der Waals surface area contributed by atoms with E-state index in [-0.39, 0.29) is 46.6 Å². The number of primary amides is 1. The molecule has 0 spiro atoms. The molecule has 7 N–H and O–H groups in total. The third-order valence-corrected chi connectivity index (χ3v) is 9.43. The number of amides is 2. The number of ether oxygens (including phenoxy) is 1. The zero-order valence-corrected chi connectivity index (χ0v) is 27.1. The highest BCUT2D eigenvalue weighted by atomic mass is 79.9. The van der Waals surface area contributed by atoms with Crippen molar-refractivity contribution in [2.75, 3.05) is 26.5 Å². The number of alkyl halides is 1. The van der Waals surface area contributed by atoms with Crippen LogP contribution in [0, 0.1) is 11.8 Å². The van der Waals surface area contributed by atoms with Crippen LogP contribution in [0.25, 0.3) is 5.76 Å². The first-order valence-electron chi connectivity index (χ1n) is 13.3. The summed E-state index contributed by atoms with van der Waals surface area (Å²) in [5, 5.41) is 47.8. The molecular formula is C30H31Br2N3O9. The Kier molecular flexibility index (Phi) is 9.04. The van der Waals surface area contributed by atoms with Gasteiger partial charge in [0.05, 0.1) is 24.4 Å². The number of aliphatic hydroxyl groups is 3. The summed E-state index contributed by atoms with van der Waals surface area (Å²) in [6.45, 7) is 0. The summed E-state index contributed by atoms with van der Waals surface area (Å²) in [5.41, 5.74) is 2.39. The number of hydrogen-bond acceptors (Lipinski definition) is 10. The number of phenolic OH excluding ortho intramolecular Hbond substituents is 1. The number of Topliss-reactive ketones (excluding diaryl/α,β-unsaturated/α-hetero) is 2. The Labute approximate surface area is 271 Å². The van der Waals surface area contributed by atoms with Crippen LogP contribution < -0.4 is 15.8 Å². The smallest absolute Gasteiger partial charge is 0.255 e. The van der Waals surface area contributed by atoms with Crippen LogP contribution in [0.4, 0.5) is 5.69 Å². The van der Waals surface area contributed by atoms with Gasteiger partial charge in [-0.3, -0.25) is 24.1 Å². The topological polar surface area (TPSA) is 200 Å². The summed E-state index contributed by atoms with van der Waals surface area (Å²) in [5.74, 6) is -7.30. The van der Waals surface area contributed by atoms with E-state index in [4.69, 9.17) is 10.5 Å². The minimum absolute atomic E-state index is 0. The fourth-order valence-corrected chi connectivity index (χ4v) is 6.86. The third-order valence-electron chi connectivity index (χ3n) is 8.49. The number of nitrogens with one attached hydrogen (secondary N) is 1. The number of phenols is 1. The second-order valence-corrected chi connectivity index (χ2v) is 12.0. The number of carbonyl (C=O) groups excluding carboxylic acids is 4. The Morgan fingerprint density at radius 1 is 1.11 bits per heavy atom. The number of likely N-dealkylation sites (N-methyl/N-ethyl adjacent to an activating group) is 1. The van der Waals surface area contributed by atoms with Crippen LogP contribution in [0.5, 0.6) is 11.5 Å². The summed E-state index contributed by atoms with van der Waals surface area (Å²) in [4.78, 5) is 52.9. The first kappa shape index (κ1) is 33.2. The van der Waals surface area contributed by atoms with E-state index in [1.54, 1.807) is 30.3 Å². The van der Waals surface area contributed by atoms with Gasteiger partial charge >= 0.3 is 0 Å². The van der Waals surface area contributed by atoms with Crippen LogP contribution in [0.1, 0.15) is 27.9 Å². The van der Waals surface area contributed by atoms with Gasteiger partial charge in [-0.2, -0.15) is 0 Å². The average Bonchev–Trinajstić information content (AvgIpc) is 2.95. The number of ketones is 2. The number of aliphatic hydroxyl groups excluding tert-OH is 2. The minimum Gasteiger partial charge on any atom is -0.508 e. The second-order valence-electron chi connectivity index (χ2n) is 11.1. The van der Waals surface area contributed by atoms with Gasteiger partial charge in [-0.25, -0.2) is 0 Å². The Morgan fingerprint density at radius 2 is 1.75 bits per heavy atom. The number of hydrogen-bond donors (Lipinski definition) is 6. The molecule has 0 bridgehead atoms. The van der Waals surface area contributed by atoms with Crippen LogP contribution in [-0.2, 0) is 25.6 Å². The number of methoxy groups -OCH3 is 1. The highest BCUT2D eigenvalue weighted by Gasteiger charge is 2.64. The zero-order chi connectivity index (χ0) is 31.5. The predicted molar refractivity (Wildman–Crippen MR) is 168 cm³/mol. The quantitative estimate of drug-likeness (QED) is 0.146. The minimum atomic E-state index is -2.73. The standard InChI is InChI=1S/C30H30BrN3O9.BrH/c1-34(2)22-16-11-14-10-13-6-9-17(33-29(41)21(31)12-4-7-15(43-3)8-5-12)23(35)18(13)24(36)19(14)26(38)30(16,42)27(39)20(25(22)37)28(32)40;/h4-9,14,16,21-22,35-36,39,42H,10-11H2,1-3H3,(H2,32,40)(H,33,41);1H/t14?,16?,21?,22-,30-;/m0./s1. The predicted octanol–water partition coefficient (Wildman–Crippen LogP) is 2.63. The van der Waals surface area contributed by atoms with Crippen LogP contribution in [0.2, 0.25) is 0 Å². The highest BCUT2D eigenvalue weighted by Crippen LogP contribution is 2.53. The number of halogens is 2. The Balaban J connectivity index is 0.00000442. The van der Waals surface area contributed by atoms with Crippen LogP contribution in [0.15, 0.2) is 53.3 Å². The lowest BCUT2D eigenvalue weighted by Crippen LogP contribution is -2.65. The lowest BCUT2D eigenvalue weighted by Gasteiger charge is -2.50. The lowest BCUT2D eigenvalue weighted by molar-refractivity contribution is -0.153. The maximum Gasteiger partial charge on any atom is 0.255 e. The summed E-state index contributed by atoms with van der Waals surface area (Å²) >= 11 is 3.34. The van der Waals surface area contributed by atoms with E-state index in [9.17, 15) is 39.6 Å². The molecule has 0 radical (unpaired) electrons. The van der Waals surface area contributed by atoms with Crippen molar-refractivity contribution in [2.45, 2.75) is 29.3 Å². The molecule has 0 aromatic heterocycles. The molecule has 44 heavy (non-hydrogen) atoms. The summed E-state index contributed by atoms with van der Waals surface area (Å²) in [6, 6.07) is 8.68. The molecule has 3 aliphatic carbocycles. The summed E-state index contributed by atoms with van der Waals surface area (Å²) in [7, 11) is 4.59. The lowest BCUT2D eigenvalue weighted by atomic mass is 9.57. The van der Waals surface area contributed by atoms with Crippen molar-refractivity contribution in [3.63, 3.8) is 0 Å². The molecule has 2 amide bonds. The van der Waals surface area contributed by atoms with Crippen molar-refractivity contribution >= 4 is 67.7 Å². The van der Waals surface area contributed by atoms with E-state index in [2.05, 4.69) is 21.2 Å². The summed E-state index contributed by atoms with van der Waals surface area (Å²) < 4.78 is 5.14. The zero-order valence-electron chi connectivity index (χ0n) is 23.8. The maximum atomic E-state index is 13.9. The SMILES string of the molecule is Br.COc1ccc(C(Br)C(=O)Nc2ccc3c(c2O)C(O)=C2C(=O)[C@]4(O)C(O)=C(C(N)=O)C(=O)[C@@H](N(C)C)C4CC2C3)cc1. The normalized spacial score (nSPS) is 25.0. The molecule has 14 heteroatoms. The van der Waals surface area contributed by atoms with Gasteiger partial charge in [-0.1, -0.05) is 34.1 Å². The fourth-order valence-electron chi connectivity index (χ4n) is 6.44. The van der Waals surface area contributed by atoms with Gasteiger partial charge in [0, 0.05) is 11.5 Å². The molecule has 0 saturated heterocycles. The molecule has 234 valence electrons. The fraction of sp³-hybridized carbons (Fsp3) is 0.333. The van der Waals surface area contributed by atoms with Crippen molar-refractivity contribution in [2.24, 2.45) is 17.6 Å². The van der Waals surface area contributed by atoms with Crippen molar-refractivity contribution < 1.29 is 44.3 Å². The number of benzene rings is 2. The van der Waals surface area contributed by atoms with Gasteiger partial charge in [0.1, 0.15) is 33.4 Å². The molecule has 12 nitrogen and oxygen atoms in total. The van der Waals surface area contributed by atoms with Crippen molar-refractivity contribution in [1.82, 2.24) is 4.90 Å². The molecule has 0 aliphatic heterocycles. The number of aromatic hydroxyl groups is 1. The Hall–Kier alpha value is -3.72. The average molecular weight is 737 g/mol. The molecule has 2 aromatic rings. The van der Waals surface area contributed by atoms with E-state index in [0.717, 1.165) is 0 Å². The van der Waals surface area contributed by atoms with Gasteiger partial charge in [-0.15, -0.1) is 17.0 Å². The second kappa shape index (κ2) is 12.0. The molecule has 2 aromatic carbocycles. The number of fused-ring (bicyclic) bond motifs is 3. The molecule has 1 saturated carbocycles. The van der Waals surface area contributed by atoms with Crippen molar-refractivity contribution in [3.8, 4) is 11.5 Å². The first-order chi connectivity index (χ1) is 20.2. The van der Waals surface area contributed by atoms with E-state index in [1.165, 1.54) is 32.2 Å². The van der Waals surface area contributed by atoms with Gasteiger partial charge in [0.15, 0.2) is 11.4 Å². The van der Waals surface area contributed by atoms with Crippen molar-refractivity contribution in [1.29, 1.82) is 0 Å². The van der Waals surface area contributed by atoms with Crippen molar-refractivity contribution in [3.05, 3.63) is 70.0 Å². The van der Waals surface area contributed by atoms with Crippen LogP contribution in [-0.4, -0.2) is 81.6 Å².